The van der Waals surface area contributed by atoms with Crippen molar-refractivity contribution < 1.29 is 9.21 Å². The van der Waals surface area contributed by atoms with Gasteiger partial charge in [-0.1, -0.05) is 19.6 Å². The number of nitrogens with zero attached hydrogens (tertiary/aromatic N) is 2. The highest BCUT2D eigenvalue weighted by Crippen LogP contribution is 2.27. The summed E-state index contributed by atoms with van der Waals surface area (Å²) in [5.74, 6) is 2.49. The number of carbonyl (C=O) groups excluding carboxylic acids is 1. The molecule has 0 spiro atoms. The fourth-order valence-electron chi connectivity index (χ4n) is 4.06. The predicted octanol–water partition coefficient (Wildman–Crippen LogP) is 3.77. The number of rotatable bonds is 7. The van der Waals surface area contributed by atoms with Crippen molar-refractivity contribution in [3.8, 4) is 12.3 Å². The predicted molar refractivity (Wildman–Crippen MR) is 119 cm³/mol. The molecular weight excluding hydrogens is 366 g/mol. The summed E-state index contributed by atoms with van der Waals surface area (Å²) in [6, 6.07) is 9.68. The minimum atomic E-state index is -1.14. The Labute approximate surface area is 168 Å². The van der Waals surface area contributed by atoms with E-state index >= 15 is 0 Å². The molecule has 1 unspecified atom stereocenters. The van der Waals surface area contributed by atoms with Crippen LogP contribution in [0.25, 0.3) is 11.0 Å². The van der Waals surface area contributed by atoms with Crippen molar-refractivity contribution >= 4 is 30.6 Å². The second kappa shape index (κ2) is 8.42. The van der Waals surface area contributed by atoms with Gasteiger partial charge in [-0.05, 0) is 36.7 Å². The molecule has 1 aromatic heterocycles. The number of carbonyl (C=O) groups is 1. The van der Waals surface area contributed by atoms with Crippen molar-refractivity contribution in [2.75, 3.05) is 31.1 Å². The lowest BCUT2D eigenvalue weighted by molar-refractivity contribution is 0.0976. The molecule has 1 fully saturated rings. The van der Waals surface area contributed by atoms with Gasteiger partial charge in [0.1, 0.15) is 5.58 Å². The van der Waals surface area contributed by atoms with E-state index in [1.807, 2.05) is 6.07 Å². The quantitative estimate of drug-likeness (QED) is 0.571. The van der Waals surface area contributed by atoms with Crippen molar-refractivity contribution in [2.24, 2.45) is 5.73 Å². The first-order valence-electron chi connectivity index (χ1n) is 10.0. The lowest BCUT2D eigenvalue weighted by Gasteiger charge is -2.41. The molecule has 0 bridgehead atoms. The normalized spacial score (nSPS) is 16.9. The average molecular weight is 398 g/mol. The zero-order valence-corrected chi connectivity index (χ0v) is 18.2. The van der Waals surface area contributed by atoms with Crippen molar-refractivity contribution in [3.05, 3.63) is 30.0 Å². The highest BCUT2D eigenvalue weighted by molar-refractivity contribution is 6.76. The van der Waals surface area contributed by atoms with Crippen LogP contribution in [0.3, 0.4) is 0 Å². The molecule has 2 N–H and O–H groups in total. The van der Waals surface area contributed by atoms with Crippen molar-refractivity contribution in [2.45, 2.75) is 44.6 Å². The lowest BCUT2D eigenvalue weighted by atomic mass is 10.1. The van der Waals surface area contributed by atoms with E-state index in [0.29, 0.717) is 11.6 Å². The molecule has 150 valence electrons. The highest BCUT2D eigenvalue weighted by Gasteiger charge is 2.28. The smallest absolute Gasteiger partial charge is 0.284 e. The molecule has 3 rings (SSSR count). The molecule has 1 atom stereocenters. The van der Waals surface area contributed by atoms with Crippen LogP contribution in [-0.2, 0) is 0 Å². The maximum absolute atomic E-state index is 11.3. The molecule has 6 heteroatoms. The van der Waals surface area contributed by atoms with Gasteiger partial charge in [0.25, 0.3) is 5.91 Å². The molecule has 2 aromatic rings. The number of nitrogens with two attached hydrogens (primary N) is 1. The van der Waals surface area contributed by atoms with Gasteiger partial charge in [-0.3, -0.25) is 9.69 Å². The Morgan fingerprint density at radius 3 is 2.57 bits per heavy atom. The number of benzene rings is 1. The van der Waals surface area contributed by atoms with Gasteiger partial charge >= 0.3 is 0 Å². The Balaban J connectivity index is 1.67. The Kier molecular flexibility index (Phi) is 6.16. The van der Waals surface area contributed by atoms with Crippen LogP contribution in [0.1, 0.15) is 23.4 Å². The molecule has 0 aliphatic carbocycles. The third-order valence-electron chi connectivity index (χ3n) is 5.41. The van der Waals surface area contributed by atoms with Gasteiger partial charge in [-0.25, -0.2) is 0 Å². The van der Waals surface area contributed by atoms with E-state index in [1.54, 1.807) is 6.07 Å². The van der Waals surface area contributed by atoms with E-state index in [-0.39, 0.29) is 5.76 Å². The molecule has 0 radical (unpaired) electrons. The van der Waals surface area contributed by atoms with Crippen LogP contribution in [0.2, 0.25) is 25.7 Å². The van der Waals surface area contributed by atoms with Gasteiger partial charge in [0, 0.05) is 57.8 Å². The number of primary amides is 1. The molecule has 0 saturated carbocycles. The summed E-state index contributed by atoms with van der Waals surface area (Å²) < 4.78 is 5.49. The summed E-state index contributed by atoms with van der Waals surface area (Å²) in [7, 11) is -1.14. The minimum absolute atomic E-state index is 0.208. The Morgan fingerprint density at radius 2 is 1.96 bits per heavy atom. The lowest BCUT2D eigenvalue weighted by Crippen LogP contribution is -2.51. The number of terminal acetylenes is 1. The first kappa shape index (κ1) is 20.5. The maximum atomic E-state index is 11.3. The fourth-order valence-corrected chi connectivity index (χ4v) is 5.94. The molecule has 1 aromatic carbocycles. The first-order chi connectivity index (χ1) is 13.3. The monoisotopic (exact) mass is 397 g/mol. The zero-order chi connectivity index (χ0) is 20.3. The number of hydrogen-bond donors (Lipinski definition) is 1. The van der Waals surface area contributed by atoms with E-state index in [0.717, 1.165) is 50.1 Å². The number of fused-ring (bicyclic) bond motifs is 1. The summed E-state index contributed by atoms with van der Waals surface area (Å²) in [5.41, 5.74) is 7.18. The molecule has 2 heterocycles. The van der Waals surface area contributed by atoms with Crippen LogP contribution in [0.15, 0.2) is 28.7 Å². The number of piperazine rings is 1. The molecule has 1 saturated heterocycles. The third kappa shape index (κ3) is 4.97. The zero-order valence-electron chi connectivity index (χ0n) is 17.2. The Bertz CT molecular complexity index is 870. The largest absolute Gasteiger partial charge is 0.451 e. The number of hydrogen-bond acceptors (Lipinski definition) is 4. The summed E-state index contributed by atoms with van der Waals surface area (Å²) in [6.45, 7) is 11.4. The number of furan rings is 1. The molecule has 1 aliphatic heterocycles. The van der Waals surface area contributed by atoms with E-state index < -0.39 is 14.0 Å². The summed E-state index contributed by atoms with van der Waals surface area (Å²) >= 11 is 0. The first-order valence-corrected chi connectivity index (χ1v) is 13.7. The summed E-state index contributed by atoms with van der Waals surface area (Å²) in [5, 5.41) is 0.916. The second-order valence-corrected chi connectivity index (χ2v) is 14.4. The van der Waals surface area contributed by atoms with Gasteiger partial charge in [0.05, 0.1) is 0 Å². The molecule has 28 heavy (non-hydrogen) atoms. The van der Waals surface area contributed by atoms with Crippen LogP contribution in [0.5, 0.6) is 0 Å². The van der Waals surface area contributed by atoms with Crippen LogP contribution in [0.4, 0.5) is 5.69 Å². The van der Waals surface area contributed by atoms with Crippen molar-refractivity contribution in [3.63, 3.8) is 0 Å². The SMILES string of the molecule is C#CCCC(C[Si](C)(C)C)N1CCN(c2ccc3oc(C(N)=O)cc3c2)CC1. The van der Waals surface area contributed by atoms with Gasteiger partial charge in [0.15, 0.2) is 5.76 Å². The van der Waals surface area contributed by atoms with Gasteiger partial charge in [-0.15, -0.1) is 12.3 Å². The maximum Gasteiger partial charge on any atom is 0.284 e. The Hall–Kier alpha value is -2.23. The fraction of sp³-hybridized carbons (Fsp3) is 0.500. The van der Waals surface area contributed by atoms with Crippen LogP contribution in [0, 0.1) is 12.3 Å². The topological polar surface area (TPSA) is 62.7 Å². The third-order valence-corrected chi connectivity index (χ3v) is 7.10. The Morgan fingerprint density at radius 1 is 1.25 bits per heavy atom. The number of anilines is 1. The second-order valence-electron chi connectivity index (χ2n) is 8.88. The van der Waals surface area contributed by atoms with Crippen molar-refractivity contribution in [1.29, 1.82) is 0 Å². The van der Waals surface area contributed by atoms with Crippen LogP contribution >= 0.6 is 0 Å². The standard InChI is InChI=1S/C22H31N3O2Si/c1-5-6-7-19(16-28(2,3)4)25-12-10-24(11-13-25)18-8-9-20-17(14-18)15-21(27-20)22(23)26/h1,8-9,14-15,19H,6-7,10-13,16H2,2-4H3,(H2,23,26). The van der Waals surface area contributed by atoms with Gasteiger partial charge in [-0.2, -0.15) is 0 Å². The highest BCUT2D eigenvalue weighted by atomic mass is 28.3. The van der Waals surface area contributed by atoms with E-state index in [4.69, 9.17) is 16.6 Å². The van der Waals surface area contributed by atoms with E-state index in [1.165, 1.54) is 6.04 Å². The van der Waals surface area contributed by atoms with Crippen LogP contribution in [-0.4, -0.2) is 51.1 Å². The number of amides is 1. The minimum Gasteiger partial charge on any atom is -0.451 e. The molecular formula is C22H31N3O2Si. The van der Waals surface area contributed by atoms with Gasteiger partial charge < -0.3 is 15.1 Å². The summed E-state index contributed by atoms with van der Waals surface area (Å²) in [6.07, 6.45) is 7.48. The van der Waals surface area contributed by atoms with E-state index in [2.05, 4.69) is 47.5 Å². The summed E-state index contributed by atoms with van der Waals surface area (Å²) in [4.78, 5) is 16.4. The average Bonchev–Trinajstić information content (AvgIpc) is 3.08. The van der Waals surface area contributed by atoms with E-state index in [9.17, 15) is 4.79 Å². The molecule has 1 aliphatic rings. The van der Waals surface area contributed by atoms with Crippen LogP contribution < -0.4 is 10.6 Å². The molecule has 1 amide bonds. The van der Waals surface area contributed by atoms with Crippen molar-refractivity contribution in [1.82, 2.24) is 4.90 Å². The molecule has 5 nitrogen and oxygen atoms in total. The van der Waals surface area contributed by atoms with Gasteiger partial charge in [0.2, 0.25) is 0 Å².